The van der Waals surface area contributed by atoms with Gasteiger partial charge in [0.15, 0.2) is 0 Å². The molecule has 1 fully saturated rings. The van der Waals surface area contributed by atoms with E-state index in [2.05, 4.69) is 29.6 Å². The lowest BCUT2D eigenvalue weighted by Crippen LogP contribution is -2.30. The van der Waals surface area contributed by atoms with Crippen molar-refractivity contribution in [2.45, 2.75) is 31.4 Å². The fourth-order valence-electron chi connectivity index (χ4n) is 2.65. The molecule has 0 amide bonds. The molecule has 2 nitrogen and oxygen atoms in total. The third kappa shape index (κ3) is 2.21. The number of hydrogen-bond donors (Lipinski definition) is 2. The number of aliphatic hydroxyl groups is 1. The van der Waals surface area contributed by atoms with Gasteiger partial charge < -0.3 is 10.4 Å². The Bertz CT molecular complexity index is 299. The van der Waals surface area contributed by atoms with Crippen molar-refractivity contribution >= 4 is 0 Å². The van der Waals surface area contributed by atoms with Crippen molar-refractivity contribution in [3.8, 4) is 0 Å². The molecule has 3 atom stereocenters. The summed E-state index contributed by atoms with van der Waals surface area (Å²) in [4.78, 5) is 0. The van der Waals surface area contributed by atoms with Gasteiger partial charge in [0.25, 0.3) is 0 Å². The molecule has 2 rings (SSSR count). The lowest BCUT2D eigenvalue weighted by atomic mass is 9.90. The Hall–Kier alpha value is -0.860. The Labute approximate surface area is 91.3 Å². The molecular weight excluding hydrogens is 186 g/mol. The average molecular weight is 205 g/mol. The first-order valence-electron chi connectivity index (χ1n) is 5.73. The Morgan fingerprint density at radius 3 is 2.53 bits per heavy atom. The molecule has 0 aromatic heterocycles. The second kappa shape index (κ2) is 4.77. The molecule has 0 aliphatic heterocycles. The number of hydrogen-bond acceptors (Lipinski definition) is 2. The average Bonchev–Trinajstić information content (AvgIpc) is 2.68. The van der Waals surface area contributed by atoms with Crippen LogP contribution in [0.4, 0.5) is 0 Å². The van der Waals surface area contributed by atoms with E-state index in [1.54, 1.807) is 0 Å². The predicted molar refractivity (Wildman–Crippen MR) is 61.6 cm³/mol. The number of rotatable bonds is 3. The first-order chi connectivity index (χ1) is 7.33. The van der Waals surface area contributed by atoms with Crippen LogP contribution in [0.1, 0.15) is 30.9 Å². The minimum Gasteiger partial charge on any atom is -0.393 e. The maximum Gasteiger partial charge on any atom is 0.0586 e. The summed E-state index contributed by atoms with van der Waals surface area (Å²) >= 11 is 0. The van der Waals surface area contributed by atoms with Crippen LogP contribution in [0.15, 0.2) is 30.3 Å². The van der Waals surface area contributed by atoms with Gasteiger partial charge in [0.05, 0.1) is 6.10 Å². The van der Waals surface area contributed by atoms with Crippen LogP contribution >= 0.6 is 0 Å². The smallest absolute Gasteiger partial charge is 0.0586 e. The molecule has 1 saturated carbocycles. The lowest BCUT2D eigenvalue weighted by molar-refractivity contribution is 0.111. The minimum atomic E-state index is -0.136. The van der Waals surface area contributed by atoms with Gasteiger partial charge >= 0.3 is 0 Å². The van der Waals surface area contributed by atoms with Gasteiger partial charge in [0.1, 0.15) is 0 Å². The largest absolute Gasteiger partial charge is 0.393 e. The second-order valence-electron chi connectivity index (χ2n) is 4.34. The fourth-order valence-corrected chi connectivity index (χ4v) is 2.65. The molecule has 1 aliphatic carbocycles. The molecule has 0 heterocycles. The Morgan fingerprint density at radius 2 is 2.00 bits per heavy atom. The van der Waals surface area contributed by atoms with Gasteiger partial charge in [-0.15, -0.1) is 0 Å². The van der Waals surface area contributed by atoms with Crippen LogP contribution < -0.4 is 5.32 Å². The fraction of sp³-hybridized carbons (Fsp3) is 0.538. The predicted octanol–water partition coefficient (Wildman–Crippen LogP) is 2.11. The zero-order valence-electron chi connectivity index (χ0n) is 9.19. The van der Waals surface area contributed by atoms with E-state index in [9.17, 15) is 5.11 Å². The molecule has 0 saturated heterocycles. The van der Waals surface area contributed by atoms with E-state index in [1.165, 1.54) is 5.56 Å². The molecule has 0 bridgehead atoms. The van der Waals surface area contributed by atoms with Crippen molar-refractivity contribution in [2.24, 2.45) is 5.92 Å². The van der Waals surface area contributed by atoms with E-state index in [0.717, 1.165) is 19.3 Å². The zero-order valence-corrected chi connectivity index (χ0v) is 9.19. The van der Waals surface area contributed by atoms with Gasteiger partial charge in [-0.25, -0.2) is 0 Å². The van der Waals surface area contributed by atoms with Crippen LogP contribution in [-0.4, -0.2) is 18.3 Å². The van der Waals surface area contributed by atoms with E-state index >= 15 is 0 Å². The highest BCUT2D eigenvalue weighted by molar-refractivity contribution is 5.20. The first-order valence-corrected chi connectivity index (χ1v) is 5.73. The monoisotopic (exact) mass is 205 g/mol. The van der Waals surface area contributed by atoms with Crippen molar-refractivity contribution in [3.63, 3.8) is 0 Å². The molecule has 1 aromatic rings. The van der Waals surface area contributed by atoms with E-state index in [1.807, 2.05) is 13.1 Å². The van der Waals surface area contributed by atoms with E-state index in [-0.39, 0.29) is 6.10 Å². The van der Waals surface area contributed by atoms with Crippen LogP contribution in [-0.2, 0) is 0 Å². The van der Waals surface area contributed by atoms with Crippen molar-refractivity contribution in [1.82, 2.24) is 5.32 Å². The third-order valence-corrected chi connectivity index (χ3v) is 3.43. The highest BCUT2D eigenvalue weighted by atomic mass is 16.3. The molecule has 2 N–H and O–H groups in total. The summed E-state index contributed by atoms with van der Waals surface area (Å²) in [5.74, 6) is 0.373. The number of aliphatic hydroxyl groups excluding tert-OH is 1. The lowest BCUT2D eigenvalue weighted by Gasteiger charge is -2.26. The van der Waals surface area contributed by atoms with Crippen molar-refractivity contribution < 1.29 is 5.11 Å². The molecule has 0 radical (unpaired) electrons. The van der Waals surface area contributed by atoms with E-state index in [4.69, 9.17) is 0 Å². The summed E-state index contributed by atoms with van der Waals surface area (Å²) in [6.45, 7) is 0. The summed E-state index contributed by atoms with van der Waals surface area (Å²) in [6, 6.07) is 10.7. The summed E-state index contributed by atoms with van der Waals surface area (Å²) in [7, 11) is 1.97. The SMILES string of the molecule is CN[C@H](c1ccccc1)[C@H]1CCC[C@@H]1O. The first kappa shape index (κ1) is 10.7. The van der Waals surface area contributed by atoms with Crippen molar-refractivity contribution in [3.05, 3.63) is 35.9 Å². The zero-order chi connectivity index (χ0) is 10.7. The molecule has 0 spiro atoms. The standard InChI is InChI=1S/C13H19NO/c1-14-13(10-6-3-2-4-7-10)11-8-5-9-12(11)15/h2-4,6-7,11-15H,5,8-9H2,1H3/t11-,12-,13+/m0/s1. The van der Waals surface area contributed by atoms with Gasteiger partial charge in [0.2, 0.25) is 0 Å². The molecule has 0 unspecified atom stereocenters. The van der Waals surface area contributed by atoms with Crippen LogP contribution in [0, 0.1) is 5.92 Å². The van der Waals surface area contributed by atoms with Gasteiger partial charge in [-0.1, -0.05) is 36.8 Å². The third-order valence-electron chi connectivity index (χ3n) is 3.43. The normalized spacial score (nSPS) is 27.9. The Kier molecular flexibility index (Phi) is 3.39. The summed E-state index contributed by atoms with van der Waals surface area (Å²) < 4.78 is 0. The van der Waals surface area contributed by atoms with Crippen LogP contribution in [0.25, 0.3) is 0 Å². The van der Waals surface area contributed by atoms with Crippen LogP contribution in [0.2, 0.25) is 0 Å². The van der Waals surface area contributed by atoms with Gasteiger partial charge in [0, 0.05) is 12.0 Å². The van der Waals surface area contributed by atoms with Crippen LogP contribution in [0.5, 0.6) is 0 Å². The number of nitrogens with one attached hydrogen (secondary N) is 1. The maximum atomic E-state index is 9.91. The highest BCUT2D eigenvalue weighted by Crippen LogP contribution is 2.35. The molecule has 15 heavy (non-hydrogen) atoms. The van der Waals surface area contributed by atoms with Crippen molar-refractivity contribution in [2.75, 3.05) is 7.05 Å². The van der Waals surface area contributed by atoms with Gasteiger partial charge in [-0.05, 0) is 25.5 Å². The molecule has 2 heteroatoms. The summed E-state index contributed by atoms with van der Waals surface area (Å²) in [5.41, 5.74) is 1.28. The second-order valence-corrected chi connectivity index (χ2v) is 4.34. The Morgan fingerprint density at radius 1 is 1.27 bits per heavy atom. The summed E-state index contributed by atoms with van der Waals surface area (Å²) in [5, 5.41) is 13.2. The van der Waals surface area contributed by atoms with Crippen LogP contribution in [0.3, 0.4) is 0 Å². The Balaban J connectivity index is 2.17. The van der Waals surface area contributed by atoms with Gasteiger partial charge in [-0.2, -0.15) is 0 Å². The van der Waals surface area contributed by atoms with Gasteiger partial charge in [-0.3, -0.25) is 0 Å². The topological polar surface area (TPSA) is 32.3 Å². The molecular formula is C13H19NO. The molecule has 82 valence electrons. The van der Waals surface area contributed by atoms with E-state index < -0.39 is 0 Å². The molecule has 1 aromatic carbocycles. The molecule has 1 aliphatic rings. The minimum absolute atomic E-state index is 0.136. The van der Waals surface area contributed by atoms with Crippen molar-refractivity contribution in [1.29, 1.82) is 0 Å². The quantitative estimate of drug-likeness (QED) is 0.792. The maximum absolute atomic E-state index is 9.91. The highest BCUT2D eigenvalue weighted by Gasteiger charge is 2.32. The van der Waals surface area contributed by atoms with E-state index in [0.29, 0.717) is 12.0 Å². The summed E-state index contributed by atoms with van der Waals surface area (Å²) in [6.07, 6.45) is 3.09. The number of benzene rings is 1.